The molecule has 0 fully saturated rings. The zero-order chi connectivity index (χ0) is 33.3. The molecule has 3 heterocycles. The van der Waals surface area contributed by atoms with Gasteiger partial charge < -0.3 is 14.6 Å². The number of nitrogens with one attached hydrogen (secondary N) is 1. The van der Waals surface area contributed by atoms with Crippen LogP contribution in [0, 0.1) is 17.2 Å². The van der Waals surface area contributed by atoms with Gasteiger partial charge in [0.05, 0.1) is 53.2 Å². The van der Waals surface area contributed by atoms with Crippen molar-refractivity contribution in [3.05, 3.63) is 106 Å². The number of rotatable bonds is 9. The van der Waals surface area contributed by atoms with Crippen LogP contribution in [0.4, 0.5) is 13.2 Å². The quantitative estimate of drug-likeness (QED) is 0.240. The third kappa shape index (κ3) is 6.22. The maximum Gasteiger partial charge on any atom is 0.416 e. The number of nitriles is 1. The van der Waals surface area contributed by atoms with E-state index >= 15 is 0 Å². The highest BCUT2D eigenvalue weighted by atomic mass is 19.4. The van der Waals surface area contributed by atoms with Crippen LogP contribution in [0.15, 0.2) is 76.2 Å². The van der Waals surface area contributed by atoms with Crippen molar-refractivity contribution in [1.82, 2.24) is 34.3 Å². The van der Waals surface area contributed by atoms with E-state index in [4.69, 9.17) is 4.42 Å². The molecule has 3 aromatic heterocycles. The van der Waals surface area contributed by atoms with E-state index in [-0.39, 0.29) is 28.8 Å². The molecule has 0 aliphatic heterocycles. The van der Waals surface area contributed by atoms with Crippen molar-refractivity contribution in [2.24, 2.45) is 13.0 Å². The van der Waals surface area contributed by atoms with Crippen LogP contribution in [0.1, 0.15) is 53.0 Å². The summed E-state index contributed by atoms with van der Waals surface area (Å²) in [5.41, 5.74) is -0.848. The number of hydrogen-bond acceptors (Lipinski definition) is 7. The van der Waals surface area contributed by atoms with Crippen LogP contribution in [0.3, 0.4) is 0 Å². The lowest BCUT2D eigenvalue weighted by Crippen LogP contribution is -2.35. The molecule has 0 radical (unpaired) electrons. The summed E-state index contributed by atoms with van der Waals surface area (Å²) in [5.74, 6) is -0.158. The van der Waals surface area contributed by atoms with Crippen molar-refractivity contribution in [2.75, 3.05) is 14.1 Å². The smallest absolute Gasteiger partial charge is 0.416 e. The Hall–Kier alpha value is -5.42. The van der Waals surface area contributed by atoms with E-state index in [1.165, 1.54) is 34.7 Å². The molecule has 0 bridgehead atoms. The summed E-state index contributed by atoms with van der Waals surface area (Å²) in [7, 11) is 5.23. The summed E-state index contributed by atoms with van der Waals surface area (Å²) < 4.78 is 50.7. The summed E-state index contributed by atoms with van der Waals surface area (Å²) in [6.07, 6.45) is -1.62. The average molecular weight is 633 g/mol. The Kier molecular flexibility index (Phi) is 8.71. The molecule has 5 aromatic rings. The largest absolute Gasteiger partial charge is 0.442 e. The normalized spacial score (nSPS) is 12.5. The zero-order valence-electron chi connectivity index (χ0n) is 25.7. The van der Waals surface area contributed by atoms with Gasteiger partial charge in [-0.3, -0.25) is 14.3 Å². The number of halogens is 3. The number of hydrogen-bond donors (Lipinski definition) is 1. The number of nitrogens with zero attached hydrogens (tertiary/aromatic N) is 7. The first kappa shape index (κ1) is 32.0. The third-order valence-electron chi connectivity index (χ3n) is 7.30. The van der Waals surface area contributed by atoms with Gasteiger partial charge in [0.1, 0.15) is 23.1 Å². The highest BCUT2D eigenvalue weighted by Gasteiger charge is 2.34. The van der Waals surface area contributed by atoms with Gasteiger partial charge in [-0.15, -0.1) is 0 Å². The standard InChI is InChI=1S/C32H31F3N8O3/c1-19(2)27(30-37-17-24(46-30)18-40(3)4)39-29(44)26-28(25-13-14-38-42(25)22-11-9-20(16-36)10-12-22)41(5)43(31(26)45)23-8-6-7-21(15-23)32(33,34)35/h6-15,17,19,27H,18H2,1-5H3,(H,39,44)/t27-/m0/s1. The molecule has 1 N–H and O–H groups in total. The van der Waals surface area contributed by atoms with Crippen LogP contribution in [0.25, 0.3) is 22.8 Å². The molecule has 1 amide bonds. The first-order valence-corrected chi connectivity index (χ1v) is 14.2. The maximum absolute atomic E-state index is 14.1. The molecule has 46 heavy (non-hydrogen) atoms. The minimum absolute atomic E-state index is 0.0894. The molecule has 0 spiro atoms. The lowest BCUT2D eigenvalue weighted by molar-refractivity contribution is -0.137. The van der Waals surface area contributed by atoms with Crippen LogP contribution >= 0.6 is 0 Å². The van der Waals surface area contributed by atoms with Crippen LogP contribution in [-0.2, 0) is 19.8 Å². The van der Waals surface area contributed by atoms with Gasteiger partial charge in [-0.1, -0.05) is 19.9 Å². The van der Waals surface area contributed by atoms with Gasteiger partial charge in [0, 0.05) is 7.05 Å². The first-order valence-electron chi connectivity index (χ1n) is 14.2. The molecular formula is C32H31F3N8O3. The molecule has 0 aliphatic rings. The molecule has 0 saturated carbocycles. The molecule has 0 aliphatic carbocycles. The van der Waals surface area contributed by atoms with Crippen molar-refractivity contribution in [2.45, 2.75) is 32.6 Å². The second kappa shape index (κ2) is 12.5. The number of carbonyl (C=O) groups is 1. The lowest BCUT2D eigenvalue weighted by atomic mass is 10.0. The van der Waals surface area contributed by atoms with Gasteiger partial charge in [-0.05, 0) is 68.5 Å². The highest BCUT2D eigenvalue weighted by molar-refractivity contribution is 6.00. The molecular weight excluding hydrogens is 601 g/mol. The Labute approximate surface area is 262 Å². The van der Waals surface area contributed by atoms with Crippen molar-refractivity contribution >= 4 is 5.91 Å². The predicted octanol–water partition coefficient (Wildman–Crippen LogP) is 5.10. The second-order valence-electron chi connectivity index (χ2n) is 11.3. The summed E-state index contributed by atoms with van der Waals surface area (Å²) >= 11 is 0. The fraction of sp³-hybridized carbons (Fsp3) is 0.281. The molecule has 14 heteroatoms. The predicted molar refractivity (Wildman–Crippen MR) is 162 cm³/mol. The average Bonchev–Trinajstić information content (AvgIpc) is 3.73. The van der Waals surface area contributed by atoms with Crippen molar-refractivity contribution in [3.8, 4) is 28.8 Å². The van der Waals surface area contributed by atoms with Gasteiger partial charge in [-0.2, -0.15) is 23.5 Å². The van der Waals surface area contributed by atoms with Gasteiger partial charge in [-0.25, -0.2) is 14.3 Å². The summed E-state index contributed by atoms with van der Waals surface area (Å²) in [6.45, 7) is 4.19. The molecule has 11 nitrogen and oxygen atoms in total. The first-order chi connectivity index (χ1) is 21.8. The Morgan fingerprint density at radius 3 is 2.46 bits per heavy atom. The van der Waals surface area contributed by atoms with E-state index in [1.54, 1.807) is 36.5 Å². The zero-order valence-corrected chi connectivity index (χ0v) is 25.7. The monoisotopic (exact) mass is 632 g/mol. The van der Waals surface area contributed by atoms with Gasteiger partial charge >= 0.3 is 6.18 Å². The van der Waals surface area contributed by atoms with Crippen LogP contribution in [0.5, 0.6) is 0 Å². The van der Waals surface area contributed by atoms with Gasteiger partial charge in [0.15, 0.2) is 0 Å². The molecule has 5 rings (SSSR count). The number of aromatic nitrogens is 5. The summed E-state index contributed by atoms with van der Waals surface area (Å²) in [4.78, 5) is 34.6. The maximum atomic E-state index is 14.1. The van der Waals surface area contributed by atoms with E-state index in [1.807, 2.05) is 38.9 Å². The van der Waals surface area contributed by atoms with Crippen molar-refractivity contribution in [1.29, 1.82) is 5.26 Å². The van der Waals surface area contributed by atoms with E-state index in [9.17, 15) is 28.0 Å². The topological polar surface area (TPSA) is 127 Å². The third-order valence-corrected chi connectivity index (χ3v) is 7.30. The molecule has 2 aromatic carbocycles. The van der Waals surface area contributed by atoms with Crippen LogP contribution in [-0.4, -0.2) is 49.0 Å². The minimum atomic E-state index is -4.66. The Bertz CT molecular complexity index is 1970. The second-order valence-corrected chi connectivity index (χ2v) is 11.3. The van der Waals surface area contributed by atoms with Crippen LogP contribution in [0.2, 0.25) is 0 Å². The van der Waals surface area contributed by atoms with E-state index < -0.39 is 29.2 Å². The Morgan fingerprint density at radius 1 is 1.11 bits per heavy atom. The number of oxazole rings is 1. The number of amides is 1. The fourth-order valence-corrected chi connectivity index (χ4v) is 5.15. The SMILES string of the molecule is CC(C)[C@H](NC(=O)c1c(-c2ccnn2-c2ccc(C#N)cc2)n(C)n(-c2cccc(C(F)(F)F)c2)c1=O)c1ncc(CN(C)C)o1. The van der Waals surface area contributed by atoms with Crippen molar-refractivity contribution in [3.63, 3.8) is 0 Å². The molecule has 0 saturated heterocycles. The van der Waals surface area contributed by atoms with Gasteiger partial charge in [0.2, 0.25) is 5.89 Å². The van der Waals surface area contributed by atoms with Crippen molar-refractivity contribution < 1.29 is 22.4 Å². The minimum Gasteiger partial charge on any atom is -0.442 e. The Morgan fingerprint density at radius 2 is 1.83 bits per heavy atom. The van der Waals surface area contributed by atoms with E-state index in [0.717, 1.165) is 16.8 Å². The number of carbonyl (C=O) groups excluding carboxylic acids is 1. The van der Waals surface area contributed by atoms with E-state index in [2.05, 4.69) is 15.4 Å². The molecule has 238 valence electrons. The fourth-order valence-electron chi connectivity index (χ4n) is 5.15. The Balaban J connectivity index is 1.68. The molecule has 1 atom stereocenters. The summed E-state index contributed by atoms with van der Waals surface area (Å²) in [5, 5.41) is 16.5. The highest BCUT2D eigenvalue weighted by Crippen LogP contribution is 2.32. The summed E-state index contributed by atoms with van der Waals surface area (Å²) in [6, 6.07) is 13.7. The number of benzene rings is 2. The number of alkyl halides is 3. The lowest BCUT2D eigenvalue weighted by Gasteiger charge is -2.19. The van der Waals surface area contributed by atoms with Crippen LogP contribution < -0.4 is 10.9 Å². The molecule has 0 unspecified atom stereocenters. The van der Waals surface area contributed by atoms with Gasteiger partial charge in [0.25, 0.3) is 11.5 Å². The van der Waals surface area contributed by atoms with E-state index in [0.29, 0.717) is 29.2 Å².